The largest absolute Gasteiger partial charge is 0.462 e. The summed E-state index contributed by atoms with van der Waals surface area (Å²) >= 11 is 0. The molecular formula is C20H21NO7. The fourth-order valence-corrected chi connectivity index (χ4v) is 4.66. The smallest absolute Gasteiger partial charge is 0.338 e. The van der Waals surface area contributed by atoms with Crippen molar-refractivity contribution in [1.29, 1.82) is 0 Å². The quantitative estimate of drug-likeness (QED) is 0.583. The van der Waals surface area contributed by atoms with Crippen molar-refractivity contribution < 1.29 is 33.4 Å². The summed E-state index contributed by atoms with van der Waals surface area (Å²) in [6, 6.07) is 6.21. The number of ether oxygens (including phenoxy) is 3. The highest BCUT2D eigenvalue weighted by atomic mass is 16.6. The first-order valence-electron chi connectivity index (χ1n) is 9.42. The molecule has 3 fully saturated rings. The molecule has 1 amide bonds. The third kappa shape index (κ3) is 3.23. The second kappa shape index (κ2) is 7.26. The van der Waals surface area contributed by atoms with Gasteiger partial charge in [0.1, 0.15) is 6.10 Å². The summed E-state index contributed by atoms with van der Waals surface area (Å²) in [5, 5.41) is 2.60. The minimum Gasteiger partial charge on any atom is -0.462 e. The van der Waals surface area contributed by atoms with Crippen molar-refractivity contribution in [2.75, 3.05) is 18.5 Å². The molecule has 1 N–H and O–H groups in total. The molecule has 0 spiro atoms. The summed E-state index contributed by atoms with van der Waals surface area (Å²) in [6.45, 7) is 1.57. The van der Waals surface area contributed by atoms with Crippen molar-refractivity contribution in [2.45, 2.75) is 25.9 Å². The number of esters is 3. The molecule has 28 heavy (non-hydrogen) atoms. The van der Waals surface area contributed by atoms with Crippen molar-refractivity contribution in [1.82, 2.24) is 0 Å². The maximum Gasteiger partial charge on any atom is 0.338 e. The van der Waals surface area contributed by atoms with E-state index in [1.807, 2.05) is 0 Å². The lowest BCUT2D eigenvalue weighted by Crippen LogP contribution is -2.34. The predicted octanol–water partition coefficient (Wildman–Crippen LogP) is 1.54. The Bertz CT molecular complexity index is 816. The topological polar surface area (TPSA) is 108 Å². The predicted molar refractivity (Wildman–Crippen MR) is 95.1 cm³/mol. The molecule has 8 heteroatoms. The van der Waals surface area contributed by atoms with E-state index in [1.165, 1.54) is 12.1 Å². The maximum absolute atomic E-state index is 12.4. The lowest BCUT2D eigenvalue weighted by Gasteiger charge is -2.22. The van der Waals surface area contributed by atoms with Crippen LogP contribution in [0.2, 0.25) is 0 Å². The second-order valence-corrected chi connectivity index (χ2v) is 7.38. The summed E-state index contributed by atoms with van der Waals surface area (Å²) < 4.78 is 15.4. The normalized spacial score (nSPS) is 29.3. The van der Waals surface area contributed by atoms with Crippen LogP contribution >= 0.6 is 0 Å². The molecule has 1 heterocycles. The third-order valence-corrected chi connectivity index (χ3v) is 5.78. The van der Waals surface area contributed by atoms with Gasteiger partial charge in [-0.1, -0.05) is 0 Å². The highest BCUT2D eigenvalue weighted by Gasteiger charge is 2.64. The molecule has 1 aromatic rings. The molecule has 8 nitrogen and oxygen atoms in total. The Hall–Kier alpha value is -2.90. The van der Waals surface area contributed by atoms with E-state index in [0.29, 0.717) is 17.7 Å². The van der Waals surface area contributed by atoms with Crippen molar-refractivity contribution >= 4 is 29.5 Å². The van der Waals surface area contributed by atoms with Crippen molar-refractivity contribution in [3.8, 4) is 0 Å². The van der Waals surface area contributed by atoms with E-state index in [2.05, 4.69) is 5.32 Å². The summed E-state index contributed by atoms with van der Waals surface area (Å²) in [5.41, 5.74) is 0.848. The Morgan fingerprint density at radius 3 is 2.61 bits per heavy atom. The first-order valence-corrected chi connectivity index (χ1v) is 9.42. The van der Waals surface area contributed by atoms with Crippen LogP contribution in [-0.4, -0.2) is 43.1 Å². The van der Waals surface area contributed by atoms with Crippen LogP contribution in [0, 0.1) is 23.7 Å². The van der Waals surface area contributed by atoms with Crippen LogP contribution in [0.25, 0.3) is 0 Å². The van der Waals surface area contributed by atoms with Gasteiger partial charge in [-0.25, -0.2) is 4.79 Å². The Morgan fingerprint density at radius 1 is 1.14 bits per heavy atom. The number of benzene rings is 1. The zero-order chi connectivity index (χ0) is 19.8. The molecule has 1 aromatic carbocycles. The SMILES string of the molecule is CCOC(=O)c1ccc(NC(=O)COC(=O)[C@@H]2[C@@H]3C[C@@H]4[C@H]2C(=O)O[C@@H]4C3)cc1. The number of anilines is 1. The van der Waals surface area contributed by atoms with Gasteiger partial charge in [0.15, 0.2) is 6.61 Å². The zero-order valence-corrected chi connectivity index (χ0v) is 15.4. The van der Waals surface area contributed by atoms with Crippen LogP contribution in [0.4, 0.5) is 5.69 Å². The van der Waals surface area contributed by atoms with Gasteiger partial charge in [-0.05, 0) is 49.9 Å². The van der Waals surface area contributed by atoms with Crippen LogP contribution in [0.5, 0.6) is 0 Å². The number of rotatable bonds is 6. The minimum absolute atomic E-state index is 0.0487. The molecule has 3 aliphatic rings. The number of nitrogens with one attached hydrogen (secondary N) is 1. The van der Waals surface area contributed by atoms with E-state index in [4.69, 9.17) is 14.2 Å². The van der Waals surface area contributed by atoms with Gasteiger partial charge in [-0.15, -0.1) is 0 Å². The molecule has 2 bridgehead atoms. The summed E-state index contributed by atoms with van der Waals surface area (Å²) in [4.78, 5) is 48.1. The highest BCUT2D eigenvalue weighted by Crippen LogP contribution is 2.57. The van der Waals surface area contributed by atoms with Gasteiger partial charge in [-0.2, -0.15) is 0 Å². The van der Waals surface area contributed by atoms with Crippen LogP contribution < -0.4 is 5.32 Å². The van der Waals surface area contributed by atoms with E-state index < -0.39 is 36.3 Å². The average molecular weight is 387 g/mol. The molecule has 5 atom stereocenters. The molecular weight excluding hydrogens is 366 g/mol. The zero-order valence-electron chi connectivity index (χ0n) is 15.4. The molecule has 0 aromatic heterocycles. The number of fused-ring (bicyclic) bond motifs is 1. The van der Waals surface area contributed by atoms with Crippen LogP contribution in [0.15, 0.2) is 24.3 Å². The molecule has 2 saturated carbocycles. The lowest BCUT2D eigenvalue weighted by molar-refractivity contribution is -0.157. The first kappa shape index (κ1) is 18.5. The summed E-state index contributed by atoms with van der Waals surface area (Å²) in [7, 11) is 0. The summed E-state index contributed by atoms with van der Waals surface area (Å²) in [6.07, 6.45) is 1.46. The Kier molecular flexibility index (Phi) is 4.78. The highest BCUT2D eigenvalue weighted by molar-refractivity contribution is 5.95. The monoisotopic (exact) mass is 387 g/mol. The Morgan fingerprint density at radius 2 is 1.89 bits per heavy atom. The number of carbonyl (C=O) groups is 4. The first-order chi connectivity index (χ1) is 13.5. The van der Waals surface area contributed by atoms with Gasteiger partial charge in [0, 0.05) is 11.6 Å². The summed E-state index contributed by atoms with van der Waals surface area (Å²) in [5.74, 6) is -2.48. The van der Waals surface area contributed by atoms with Gasteiger partial charge < -0.3 is 19.5 Å². The molecule has 0 radical (unpaired) electrons. The molecule has 148 valence electrons. The van der Waals surface area contributed by atoms with E-state index in [1.54, 1.807) is 19.1 Å². The fraction of sp³-hybridized carbons (Fsp3) is 0.500. The van der Waals surface area contributed by atoms with Crippen LogP contribution in [0.1, 0.15) is 30.1 Å². The number of hydrogen-bond donors (Lipinski definition) is 1. The van der Waals surface area contributed by atoms with Gasteiger partial charge in [0.25, 0.3) is 5.91 Å². The van der Waals surface area contributed by atoms with Gasteiger partial charge in [0.2, 0.25) is 0 Å². The number of amides is 1. The van der Waals surface area contributed by atoms with Gasteiger partial charge in [-0.3, -0.25) is 14.4 Å². The number of carbonyl (C=O) groups excluding carboxylic acids is 4. The fourth-order valence-electron chi connectivity index (χ4n) is 4.66. The van der Waals surface area contributed by atoms with E-state index in [-0.39, 0.29) is 30.5 Å². The van der Waals surface area contributed by atoms with Crippen molar-refractivity contribution in [3.05, 3.63) is 29.8 Å². The molecule has 0 unspecified atom stereocenters. The van der Waals surface area contributed by atoms with Crippen molar-refractivity contribution in [2.24, 2.45) is 23.7 Å². The van der Waals surface area contributed by atoms with Gasteiger partial charge >= 0.3 is 17.9 Å². The minimum atomic E-state index is -0.511. The maximum atomic E-state index is 12.4. The molecule has 4 rings (SSSR count). The van der Waals surface area contributed by atoms with Crippen LogP contribution in [0.3, 0.4) is 0 Å². The average Bonchev–Trinajstić information content (AvgIpc) is 3.29. The lowest BCUT2D eigenvalue weighted by atomic mass is 9.80. The Balaban J connectivity index is 1.28. The van der Waals surface area contributed by atoms with E-state index in [9.17, 15) is 19.2 Å². The molecule has 2 aliphatic carbocycles. The number of hydrogen-bond acceptors (Lipinski definition) is 7. The third-order valence-electron chi connectivity index (χ3n) is 5.78. The van der Waals surface area contributed by atoms with Crippen LogP contribution in [-0.2, 0) is 28.6 Å². The molecule has 1 saturated heterocycles. The van der Waals surface area contributed by atoms with Gasteiger partial charge in [0.05, 0.1) is 24.0 Å². The van der Waals surface area contributed by atoms with E-state index >= 15 is 0 Å². The second-order valence-electron chi connectivity index (χ2n) is 7.38. The van der Waals surface area contributed by atoms with Crippen molar-refractivity contribution in [3.63, 3.8) is 0 Å². The standard InChI is InChI=1S/C20H21NO7/c1-2-26-18(23)10-3-5-12(6-4-10)21-15(22)9-27-19(24)16-11-7-13-14(8-11)28-20(25)17(13)16/h3-6,11,13-14,16-17H,2,7-9H2,1H3,(H,21,22)/t11-,13+,14-,16-,17-/m1/s1. The van der Waals surface area contributed by atoms with E-state index in [0.717, 1.165) is 6.42 Å². The Labute approximate surface area is 161 Å². The molecule has 1 aliphatic heterocycles.